The molecule has 0 radical (unpaired) electrons. The molecule has 2 aromatic carbocycles. The van der Waals surface area contributed by atoms with E-state index in [1.54, 1.807) is 30.3 Å². The van der Waals surface area contributed by atoms with Gasteiger partial charge < -0.3 is 20.1 Å². The first kappa shape index (κ1) is 19.5. The third-order valence-corrected chi connectivity index (χ3v) is 4.10. The van der Waals surface area contributed by atoms with Crippen molar-refractivity contribution in [1.82, 2.24) is 5.32 Å². The zero-order chi connectivity index (χ0) is 20.1. The molecule has 0 aromatic heterocycles. The number of nitrogens with one attached hydrogen (secondary N) is 2. The van der Waals surface area contributed by atoms with E-state index in [4.69, 9.17) is 9.47 Å². The Labute approximate surface area is 164 Å². The molecule has 2 amide bonds. The second-order valence-electron chi connectivity index (χ2n) is 6.73. The van der Waals surface area contributed by atoms with Crippen molar-refractivity contribution in [2.75, 3.05) is 18.5 Å². The summed E-state index contributed by atoms with van der Waals surface area (Å²) in [5.41, 5.74) is 2.34. The van der Waals surface area contributed by atoms with E-state index < -0.39 is 0 Å². The monoisotopic (exact) mass is 380 g/mol. The second kappa shape index (κ2) is 8.61. The summed E-state index contributed by atoms with van der Waals surface area (Å²) in [4.78, 5) is 24.8. The van der Waals surface area contributed by atoms with Crippen LogP contribution in [-0.2, 0) is 4.79 Å². The van der Waals surface area contributed by atoms with Gasteiger partial charge in [-0.15, -0.1) is 0 Å². The van der Waals surface area contributed by atoms with Crippen LogP contribution in [0.25, 0.3) is 6.08 Å². The third kappa shape index (κ3) is 4.52. The summed E-state index contributed by atoms with van der Waals surface area (Å²) in [6, 6.07) is 12.5. The highest BCUT2D eigenvalue weighted by Crippen LogP contribution is 2.35. The Morgan fingerprint density at radius 2 is 1.93 bits per heavy atom. The maximum atomic E-state index is 12.7. The van der Waals surface area contributed by atoms with Gasteiger partial charge >= 0.3 is 0 Å². The van der Waals surface area contributed by atoms with Crippen molar-refractivity contribution in [3.8, 4) is 11.5 Å². The molecule has 0 saturated heterocycles. The summed E-state index contributed by atoms with van der Waals surface area (Å²) in [6.45, 7) is 6.39. The maximum absolute atomic E-state index is 12.7. The standard InChI is InChI=1S/C22H24N2O4/c1-4-27-19-10-6-7-15-11-17(13-28-20(15)19)22(26)24-18-9-5-8-16(12-18)21(25)23-14(2)3/h5-12,14H,4,13H2,1-3H3,(H,23,25)(H,24,26). The van der Waals surface area contributed by atoms with Crippen LogP contribution >= 0.6 is 0 Å². The lowest BCUT2D eigenvalue weighted by molar-refractivity contribution is -0.113. The van der Waals surface area contributed by atoms with Crippen LogP contribution in [-0.4, -0.2) is 31.1 Å². The minimum atomic E-state index is -0.270. The smallest absolute Gasteiger partial charge is 0.255 e. The van der Waals surface area contributed by atoms with Crippen molar-refractivity contribution in [1.29, 1.82) is 0 Å². The van der Waals surface area contributed by atoms with Crippen molar-refractivity contribution in [3.05, 3.63) is 59.2 Å². The highest BCUT2D eigenvalue weighted by molar-refractivity contribution is 6.08. The molecule has 3 rings (SSSR count). The molecule has 1 aliphatic rings. The normalized spacial score (nSPS) is 12.5. The number of anilines is 1. The number of carbonyl (C=O) groups is 2. The average molecular weight is 380 g/mol. The topological polar surface area (TPSA) is 76.7 Å². The van der Waals surface area contributed by atoms with Gasteiger partial charge in [0.05, 0.1) is 12.2 Å². The van der Waals surface area contributed by atoms with E-state index in [-0.39, 0.29) is 24.5 Å². The molecule has 2 aromatic rings. The molecule has 6 nitrogen and oxygen atoms in total. The van der Waals surface area contributed by atoms with Gasteiger partial charge in [-0.05, 0) is 51.1 Å². The molecule has 0 saturated carbocycles. The Bertz CT molecular complexity index is 919. The number of ether oxygens (including phenoxy) is 2. The van der Waals surface area contributed by atoms with Crippen LogP contribution in [0.1, 0.15) is 36.7 Å². The first-order valence-electron chi connectivity index (χ1n) is 9.29. The van der Waals surface area contributed by atoms with Crippen LogP contribution in [0, 0.1) is 0 Å². The Kier molecular flexibility index (Phi) is 5.99. The predicted octanol–water partition coefficient (Wildman–Crippen LogP) is 3.64. The molecular formula is C22H24N2O4. The van der Waals surface area contributed by atoms with Gasteiger partial charge in [0.2, 0.25) is 0 Å². The molecule has 0 aliphatic carbocycles. The minimum Gasteiger partial charge on any atom is -0.490 e. The highest BCUT2D eigenvalue weighted by atomic mass is 16.5. The largest absolute Gasteiger partial charge is 0.490 e. The molecule has 28 heavy (non-hydrogen) atoms. The molecule has 6 heteroatoms. The van der Waals surface area contributed by atoms with E-state index in [2.05, 4.69) is 10.6 Å². The van der Waals surface area contributed by atoms with Crippen LogP contribution in [0.3, 0.4) is 0 Å². The molecule has 146 valence electrons. The zero-order valence-corrected chi connectivity index (χ0v) is 16.2. The lowest BCUT2D eigenvalue weighted by atomic mass is 10.1. The van der Waals surface area contributed by atoms with Gasteiger partial charge in [0.1, 0.15) is 6.61 Å². The van der Waals surface area contributed by atoms with Crippen molar-refractivity contribution in [3.63, 3.8) is 0 Å². The molecule has 2 N–H and O–H groups in total. The van der Waals surface area contributed by atoms with Crippen molar-refractivity contribution in [2.45, 2.75) is 26.8 Å². The second-order valence-corrected chi connectivity index (χ2v) is 6.73. The van der Waals surface area contributed by atoms with E-state index in [1.807, 2.05) is 39.0 Å². The van der Waals surface area contributed by atoms with Crippen LogP contribution < -0.4 is 20.1 Å². The van der Waals surface area contributed by atoms with E-state index in [9.17, 15) is 9.59 Å². The lowest BCUT2D eigenvalue weighted by Crippen LogP contribution is -2.30. The highest BCUT2D eigenvalue weighted by Gasteiger charge is 2.20. The van der Waals surface area contributed by atoms with E-state index in [1.165, 1.54) is 0 Å². The molecule has 0 unspecified atom stereocenters. The van der Waals surface area contributed by atoms with E-state index >= 15 is 0 Å². The van der Waals surface area contributed by atoms with Gasteiger partial charge in [0, 0.05) is 22.9 Å². The number of benzene rings is 2. The predicted molar refractivity (Wildman–Crippen MR) is 109 cm³/mol. The average Bonchev–Trinajstić information content (AvgIpc) is 2.67. The van der Waals surface area contributed by atoms with Crippen LogP contribution in [0.4, 0.5) is 5.69 Å². The number of fused-ring (bicyclic) bond motifs is 1. The molecular weight excluding hydrogens is 356 g/mol. The first-order chi connectivity index (χ1) is 13.5. The van der Waals surface area contributed by atoms with Gasteiger partial charge in [0.25, 0.3) is 11.8 Å². The summed E-state index contributed by atoms with van der Waals surface area (Å²) >= 11 is 0. The van der Waals surface area contributed by atoms with Crippen LogP contribution in [0.2, 0.25) is 0 Å². The Balaban J connectivity index is 1.75. The van der Waals surface area contributed by atoms with Gasteiger partial charge in [-0.1, -0.05) is 18.2 Å². The fourth-order valence-electron chi connectivity index (χ4n) is 2.88. The van der Waals surface area contributed by atoms with Crippen LogP contribution in [0.5, 0.6) is 11.5 Å². The SMILES string of the molecule is CCOc1cccc2c1OCC(C(=O)Nc1cccc(C(=O)NC(C)C)c1)=C2. The van der Waals surface area contributed by atoms with Gasteiger partial charge in [-0.25, -0.2) is 0 Å². The number of amides is 2. The zero-order valence-electron chi connectivity index (χ0n) is 16.2. The molecule has 0 atom stereocenters. The number of rotatable bonds is 6. The van der Waals surface area contributed by atoms with Gasteiger partial charge in [-0.2, -0.15) is 0 Å². The van der Waals surface area contributed by atoms with Crippen molar-refractivity contribution in [2.24, 2.45) is 0 Å². The molecule has 0 bridgehead atoms. The van der Waals surface area contributed by atoms with Crippen molar-refractivity contribution >= 4 is 23.6 Å². The Morgan fingerprint density at radius 3 is 2.68 bits per heavy atom. The number of carbonyl (C=O) groups excluding carboxylic acids is 2. The number of hydrogen-bond donors (Lipinski definition) is 2. The summed E-state index contributed by atoms with van der Waals surface area (Å²) in [6.07, 6.45) is 1.80. The molecule has 1 heterocycles. The fourth-order valence-corrected chi connectivity index (χ4v) is 2.88. The van der Waals surface area contributed by atoms with Gasteiger partial charge in [0.15, 0.2) is 11.5 Å². The number of para-hydroxylation sites is 1. The summed E-state index contributed by atoms with van der Waals surface area (Å²) in [7, 11) is 0. The summed E-state index contributed by atoms with van der Waals surface area (Å²) < 4.78 is 11.3. The van der Waals surface area contributed by atoms with E-state index in [0.717, 1.165) is 5.56 Å². The Morgan fingerprint density at radius 1 is 1.14 bits per heavy atom. The lowest BCUT2D eigenvalue weighted by Gasteiger charge is -2.20. The maximum Gasteiger partial charge on any atom is 0.255 e. The molecule has 0 fully saturated rings. The Hall–Kier alpha value is -3.28. The first-order valence-corrected chi connectivity index (χ1v) is 9.29. The summed E-state index contributed by atoms with van der Waals surface area (Å²) in [5, 5.41) is 5.67. The summed E-state index contributed by atoms with van der Waals surface area (Å²) in [5.74, 6) is 0.866. The third-order valence-electron chi connectivity index (χ3n) is 4.10. The molecule has 0 spiro atoms. The van der Waals surface area contributed by atoms with Gasteiger partial charge in [-0.3, -0.25) is 9.59 Å². The van der Waals surface area contributed by atoms with E-state index in [0.29, 0.717) is 34.9 Å². The molecule has 1 aliphatic heterocycles. The van der Waals surface area contributed by atoms with Crippen molar-refractivity contribution < 1.29 is 19.1 Å². The number of hydrogen-bond acceptors (Lipinski definition) is 4. The quantitative estimate of drug-likeness (QED) is 0.802. The minimum absolute atomic E-state index is 0.0388. The van der Waals surface area contributed by atoms with Crippen LogP contribution in [0.15, 0.2) is 48.0 Å². The fraction of sp³-hybridized carbons (Fsp3) is 0.273.